The molecule has 0 radical (unpaired) electrons. The Labute approximate surface area is 136 Å². The number of carbonyl (C=O) groups excluding carboxylic acids is 1. The summed E-state index contributed by atoms with van der Waals surface area (Å²) in [5, 5.41) is 14.3. The first-order valence-electron chi connectivity index (χ1n) is 7.02. The molecule has 1 N–H and O–H groups in total. The van der Waals surface area contributed by atoms with E-state index >= 15 is 0 Å². The fraction of sp³-hybridized carbons (Fsp3) is 0.294. The summed E-state index contributed by atoms with van der Waals surface area (Å²) in [6.45, 7) is 2.47. The molecule has 4 nitrogen and oxygen atoms in total. The summed E-state index contributed by atoms with van der Waals surface area (Å²) in [6.07, 6.45) is 0. The molecule has 0 aliphatic rings. The van der Waals surface area contributed by atoms with Crippen molar-refractivity contribution in [2.24, 2.45) is 0 Å². The number of nitriles is 1. The summed E-state index contributed by atoms with van der Waals surface area (Å²) >= 11 is -0.0431. The van der Waals surface area contributed by atoms with Gasteiger partial charge in [-0.05, 0) is 0 Å². The molecule has 114 valence electrons. The van der Waals surface area contributed by atoms with Crippen LogP contribution in [-0.2, 0) is 4.79 Å². The number of hydrogen-bond donors (Lipinski definition) is 1. The van der Waals surface area contributed by atoms with Crippen molar-refractivity contribution in [3.8, 4) is 10.7 Å². The molecule has 0 unspecified atom stereocenters. The topological polar surface area (TPSA) is 62.1 Å². The molecule has 2 aromatic rings. The van der Waals surface area contributed by atoms with Crippen LogP contribution in [0.15, 0.2) is 36.4 Å². The van der Waals surface area contributed by atoms with Gasteiger partial charge < -0.3 is 0 Å². The normalized spacial score (nSPS) is 11.7. The van der Waals surface area contributed by atoms with Crippen LogP contribution < -0.4 is 10.1 Å². The van der Waals surface area contributed by atoms with Crippen LogP contribution in [-0.4, -0.2) is 34.5 Å². The van der Waals surface area contributed by atoms with E-state index in [0.29, 0.717) is 6.54 Å². The van der Waals surface area contributed by atoms with Gasteiger partial charge in [-0.2, -0.15) is 0 Å². The van der Waals surface area contributed by atoms with Gasteiger partial charge in [0.05, 0.1) is 7.11 Å². The summed E-state index contributed by atoms with van der Waals surface area (Å²) in [5.41, 5.74) is 0.987. The summed E-state index contributed by atoms with van der Waals surface area (Å²) in [5.74, 6) is 0.619. The molecule has 22 heavy (non-hydrogen) atoms. The van der Waals surface area contributed by atoms with E-state index in [1.807, 2.05) is 43.3 Å². The Kier molecular flexibility index (Phi) is 5.83. The van der Waals surface area contributed by atoms with Crippen LogP contribution in [0.1, 0.15) is 18.4 Å². The van der Waals surface area contributed by atoms with Gasteiger partial charge in [0, 0.05) is 0 Å². The van der Waals surface area contributed by atoms with Crippen molar-refractivity contribution >= 4 is 31.6 Å². The van der Waals surface area contributed by atoms with E-state index in [1.165, 1.54) is 0 Å². The molecular weight excluding hydrogens is 343 g/mol. The molecule has 2 aromatic carbocycles. The van der Waals surface area contributed by atoms with Crippen LogP contribution in [0.2, 0.25) is 5.32 Å². The van der Waals surface area contributed by atoms with Gasteiger partial charge >= 0.3 is 129 Å². The van der Waals surface area contributed by atoms with Crippen molar-refractivity contribution in [1.82, 2.24) is 5.32 Å². The second-order valence-corrected chi connectivity index (χ2v) is 6.77. The molecular formula is C17H18N2O2Se. The summed E-state index contributed by atoms with van der Waals surface area (Å²) < 4.78 is 5.22. The molecule has 0 bridgehead atoms. The number of amides is 1. The Bertz CT molecular complexity index is 709. The molecule has 0 saturated carbocycles. The third-order valence-electron chi connectivity index (χ3n) is 3.53. The Morgan fingerprint density at radius 3 is 2.77 bits per heavy atom. The van der Waals surface area contributed by atoms with Crippen molar-refractivity contribution in [3.63, 3.8) is 0 Å². The molecule has 0 spiro atoms. The molecule has 0 aliphatic heterocycles. The molecule has 1 atom stereocenters. The Morgan fingerprint density at radius 1 is 1.32 bits per heavy atom. The first-order chi connectivity index (χ1) is 10.7. The average molecular weight is 361 g/mol. The first-order valence-corrected chi connectivity index (χ1v) is 9.09. The van der Waals surface area contributed by atoms with Crippen LogP contribution in [0.3, 0.4) is 0 Å². The Hall–Kier alpha value is -2.02. The van der Waals surface area contributed by atoms with E-state index < -0.39 is 0 Å². The monoisotopic (exact) mass is 362 g/mol. The number of ether oxygens (including phenoxy) is 1. The third-order valence-corrected chi connectivity index (χ3v) is 4.66. The Balaban J connectivity index is 2.09. The zero-order valence-corrected chi connectivity index (χ0v) is 14.3. The van der Waals surface area contributed by atoms with E-state index in [2.05, 4.69) is 10.3 Å². The van der Waals surface area contributed by atoms with Gasteiger partial charge in [-0.15, -0.1) is 0 Å². The van der Waals surface area contributed by atoms with Crippen molar-refractivity contribution in [3.05, 3.63) is 42.0 Å². The van der Waals surface area contributed by atoms with E-state index in [4.69, 9.17) is 10.00 Å². The minimum absolute atomic E-state index is 0.00148. The van der Waals surface area contributed by atoms with Gasteiger partial charge in [-0.1, -0.05) is 0 Å². The zero-order valence-electron chi connectivity index (χ0n) is 12.6. The zero-order chi connectivity index (χ0) is 15.9. The summed E-state index contributed by atoms with van der Waals surface area (Å²) in [7, 11) is 1.65. The second-order valence-electron chi connectivity index (χ2n) is 4.92. The van der Waals surface area contributed by atoms with Gasteiger partial charge in [0.15, 0.2) is 0 Å². The average Bonchev–Trinajstić information content (AvgIpc) is 2.56. The number of methoxy groups -OCH3 is 1. The molecule has 1 amide bonds. The van der Waals surface area contributed by atoms with Gasteiger partial charge in [-0.25, -0.2) is 0 Å². The van der Waals surface area contributed by atoms with Crippen LogP contribution in [0.25, 0.3) is 10.8 Å². The van der Waals surface area contributed by atoms with Crippen molar-refractivity contribution in [1.29, 1.82) is 5.26 Å². The van der Waals surface area contributed by atoms with Crippen LogP contribution >= 0.6 is 0 Å². The standard InChI is InChI=1S/C17H18N2O2Se/c1-12(17(20)19-7-8-22-11-18)13-3-4-15-10-16(21-2)6-5-14(15)9-13/h3-6,9-10,12H,7-8H2,1-2H3,(H,19,20)/t12-/m0/s1. The van der Waals surface area contributed by atoms with E-state index in [9.17, 15) is 4.79 Å². The van der Waals surface area contributed by atoms with Crippen molar-refractivity contribution in [2.75, 3.05) is 13.7 Å². The molecule has 5 heteroatoms. The maximum absolute atomic E-state index is 12.1. The number of nitrogens with one attached hydrogen (secondary N) is 1. The fourth-order valence-electron chi connectivity index (χ4n) is 2.21. The molecule has 0 aromatic heterocycles. The maximum atomic E-state index is 12.1. The quantitative estimate of drug-likeness (QED) is 0.636. The van der Waals surface area contributed by atoms with Crippen LogP contribution in [0.5, 0.6) is 5.75 Å². The molecule has 2 rings (SSSR count). The van der Waals surface area contributed by atoms with Crippen molar-refractivity contribution in [2.45, 2.75) is 18.2 Å². The summed E-state index contributed by atoms with van der Waals surface area (Å²) in [4.78, 5) is 14.3. The third kappa shape index (κ3) is 4.00. The molecule has 0 saturated heterocycles. The van der Waals surface area contributed by atoms with Gasteiger partial charge in [0.1, 0.15) is 0 Å². The minimum atomic E-state index is -0.207. The van der Waals surface area contributed by atoms with Gasteiger partial charge in [0.25, 0.3) is 0 Å². The van der Waals surface area contributed by atoms with Crippen LogP contribution in [0, 0.1) is 10.2 Å². The number of hydrogen-bond acceptors (Lipinski definition) is 3. The van der Waals surface area contributed by atoms with Gasteiger partial charge in [0.2, 0.25) is 0 Å². The molecule has 0 fully saturated rings. The van der Waals surface area contributed by atoms with E-state index in [0.717, 1.165) is 27.4 Å². The van der Waals surface area contributed by atoms with E-state index in [-0.39, 0.29) is 26.8 Å². The predicted molar refractivity (Wildman–Crippen MR) is 88.1 cm³/mol. The van der Waals surface area contributed by atoms with Crippen molar-refractivity contribution < 1.29 is 9.53 Å². The Morgan fingerprint density at radius 2 is 2.05 bits per heavy atom. The number of rotatable bonds is 6. The number of carbonyl (C=O) groups is 1. The number of fused-ring (bicyclic) bond motifs is 1. The predicted octanol–water partition coefficient (Wildman–Crippen LogP) is 2.67. The van der Waals surface area contributed by atoms with Gasteiger partial charge in [-0.3, -0.25) is 0 Å². The van der Waals surface area contributed by atoms with Crippen LogP contribution in [0.4, 0.5) is 0 Å². The number of nitrogens with zero attached hydrogens (tertiary/aromatic N) is 1. The first kappa shape index (κ1) is 16.4. The van der Waals surface area contributed by atoms with E-state index in [1.54, 1.807) is 7.11 Å². The fourth-order valence-corrected chi connectivity index (χ4v) is 2.83. The SMILES string of the molecule is COc1ccc2cc([C@H](C)C(=O)NCC[Se]C#N)ccc2c1. The molecule has 0 aliphatic carbocycles. The number of benzene rings is 2. The summed E-state index contributed by atoms with van der Waals surface area (Å²) in [6, 6.07) is 11.9. The molecule has 0 heterocycles. The second kappa shape index (κ2) is 7.84.